The topological polar surface area (TPSA) is 57.4 Å². The van der Waals surface area contributed by atoms with E-state index in [1.807, 2.05) is 19.9 Å². The van der Waals surface area contributed by atoms with Gasteiger partial charge in [0.25, 0.3) is 0 Å². The molecule has 1 atom stereocenters. The molecular formula is C14H24N2O2. The fourth-order valence-electron chi connectivity index (χ4n) is 1.67. The fraction of sp³-hybridized carbons (Fsp3) is 0.643. The van der Waals surface area contributed by atoms with Crippen LogP contribution in [-0.4, -0.2) is 24.3 Å². The van der Waals surface area contributed by atoms with Crippen molar-refractivity contribution in [1.29, 1.82) is 0 Å². The quantitative estimate of drug-likeness (QED) is 0.810. The van der Waals surface area contributed by atoms with Gasteiger partial charge in [0.15, 0.2) is 0 Å². The van der Waals surface area contributed by atoms with Gasteiger partial charge in [-0.25, -0.2) is 0 Å². The average molecular weight is 252 g/mol. The Morgan fingerprint density at radius 1 is 1.39 bits per heavy atom. The molecule has 0 aliphatic carbocycles. The van der Waals surface area contributed by atoms with Crippen molar-refractivity contribution in [3.05, 3.63) is 24.0 Å². The van der Waals surface area contributed by atoms with Gasteiger partial charge in [-0.3, -0.25) is 4.98 Å². The maximum atomic E-state index is 6.18. The minimum Gasteiger partial charge on any atom is -0.492 e. The monoisotopic (exact) mass is 252 g/mol. The van der Waals surface area contributed by atoms with Gasteiger partial charge in [-0.05, 0) is 38.3 Å². The number of rotatable bonds is 7. The lowest BCUT2D eigenvalue weighted by Crippen LogP contribution is -2.28. The number of ether oxygens (including phenoxy) is 2. The first-order valence-corrected chi connectivity index (χ1v) is 6.37. The molecule has 0 aliphatic heterocycles. The summed E-state index contributed by atoms with van der Waals surface area (Å²) in [5.74, 6) is 0.778. The molecule has 0 amide bonds. The van der Waals surface area contributed by atoms with Gasteiger partial charge in [-0.2, -0.15) is 0 Å². The number of pyridine rings is 1. The van der Waals surface area contributed by atoms with Crippen molar-refractivity contribution in [2.75, 3.05) is 13.7 Å². The first kappa shape index (κ1) is 14.9. The van der Waals surface area contributed by atoms with Gasteiger partial charge in [0, 0.05) is 19.3 Å². The molecule has 0 spiro atoms. The zero-order chi connectivity index (χ0) is 13.6. The third kappa shape index (κ3) is 4.63. The molecule has 0 bridgehead atoms. The molecule has 1 unspecified atom stereocenters. The molecule has 0 saturated heterocycles. The summed E-state index contributed by atoms with van der Waals surface area (Å²) in [5, 5.41) is 0. The van der Waals surface area contributed by atoms with Gasteiger partial charge < -0.3 is 15.2 Å². The van der Waals surface area contributed by atoms with Gasteiger partial charge >= 0.3 is 0 Å². The smallest absolute Gasteiger partial charge is 0.137 e. The summed E-state index contributed by atoms with van der Waals surface area (Å²) < 4.78 is 10.9. The Bertz CT molecular complexity index is 367. The lowest BCUT2D eigenvalue weighted by molar-refractivity contribution is 0.00991. The minimum atomic E-state index is -0.236. The largest absolute Gasteiger partial charge is 0.492 e. The Labute approximate surface area is 110 Å². The molecule has 0 fully saturated rings. The van der Waals surface area contributed by atoms with E-state index in [0.29, 0.717) is 6.61 Å². The number of aromatic nitrogens is 1. The summed E-state index contributed by atoms with van der Waals surface area (Å²) in [6, 6.07) is 1.86. The zero-order valence-electron chi connectivity index (χ0n) is 11.8. The highest BCUT2D eigenvalue weighted by atomic mass is 16.5. The van der Waals surface area contributed by atoms with Crippen LogP contribution >= 0.6 is 0 Å². The standard InChI is InChI=1S/C14H24N2O2/c1-5-6-18-12-7-11(9-16-10-12)13(15)8-14(2,3)17-4/h7,9-10,13H,5-6,8,15H2,1-4H3. The van der Waals surface area contributed by atoms with E-state index in [9.17, 15) is 0 Å². The van der Waals surface area contributed by atoms with Crippen LogP contribution in [0.1, 0.15) is 45.2 Å². The van der Waals surface area contributed by atoms with Crippen LogP contribution in [0.2, 0.25) is 0 Å². The van der Waals surface area contributed by atoms with E-state index < -0.39 is 0 Å². The van der Waals surface area contributed by atoms with E-state index >= 15 is 0 Å². The van der Waals surface area contributed by atoms with Crippen molar-refractivity contribution in [3.63, 3.8) is 0 Å². The Morgan fingerprint density at radius 3 is 2.72 bits per heavy atom. The van der Waals surface area contributed by atoms with Gasteiger partial charge in [-0.15, -0.1) is 0 Å². The maximum absolute atomic E-state index is 6.18. The highest BCUT2D eigenvalue weighted by Crippen LogP contribution is 2.25. The van der Waals surface area contributed by atoms with E-state index in [1.54, 1.807) is 19.5 Å². The molecule has 1 heterocycles. The Hall–Kier alpha value is -1.13. The second kappa shape index (κ2) is 6.71. The molecule has 4 heteroatoms. The summed E-state index contributed by atoms with van der Waals surface area (Å²) in [6.45, 7) is 6.82. The van der Waals surface area contributed by atoms with E-state index in [1.165, 1.54) is 0 Å². The highest BCUT2D eigenvalue weighted by molar-refractivity contribution is 5.26. The Kier molecular flexibility index (Phi) is 5.56. The third-order valence-corrected chi connectivity index (χ3v) is 2.90. The molecule has 1 aromatic rings. The summed E-state index contributed by atoms with van der Waals surface area (Å²) >= 11 is 0. The first-order valence-electron chi connectivity index (χ1n) is 6.37. The summed E-state index contributed by atoms with van der Waals surface area (Å²) in [5.41, 5.74) is 6.92. The van der Waals surface area contributed by atoms with Crippen LogP contribution in [0.5, 0.6) is 5.75 Å². The van der Waals surface area contributed by atoms with Crippen molar-refractivity contribution >= 4 is 0 Å². The van der Waals surface area contributed by atoms with Crippen LogP contribution in [-0.2, 0) is 4.74 Å². The summed E-state index contributed by atoms with van der Waals surface area (Å²) in [6.07, 6.45) is 5.22. The molecule has 0 aromatic carbocycles. The van der Waals surface area contributed by atoms with Crippen molar-refractivity contribution < 1.29 is 9.47 Å². The van der Waals surface area contributed by atoms with Crippen LogP contribution in [0.25, 0.3) is 0 Å². The van der Waals surface area contributed by atoms with E-state index in [-0.39, 0.29) is 11.6 Å². The number of methoxy groups -OCH3 is 1. The summed E-state index contributed by atoms with van der Waals surface area (Å²) in [4.78, 5) is 4.17. The number of nitrogens with zero attached hydrogens (tertiary/aromatic N) is 1. The number of hydrogen-bond donors (Lipinski definition) is 1. The molecular weight excluding hydrogens is 228 g/mol. The molecule has 1 rings (SSSR count). The summed E-state index contributed by atoms with van der Waals surface area (Å²) in [7, 11) is 1.70. The SMILES string of the molecule is CCCOc1cncc(C(N)CC(C)(C)OC)c1. The zero-order valence-corrected chi connectivity index (χ0v) is 11.8. The van der Waals surface area contributed by atoms with Crippen LogP contribution < -0.4 is 10.5 Å². The first-order chi connectivity index (χ1) is 8.48. The van der Waals surface area contributed by atoms with Crippen molar-refractivity contribution in [1.82, 2.24) is 4.98 Å². The molecule has 2 N–H and O–H groups in total. The second-order valence-electron chi connectivity index (χ2n) is 5.08. The molecule has 18 heavy (non-hydrogen) atoms. The Morgan fingerprint density at radius 2 is 2.11 bits per heavy atom. The van der Waals surface area contributed by atoms with Crippen LogP contribution in [0.3, 0.4) is 0 Å². The van der Waals surface area contributed by atoms with Crippen molar-refractivity contribution in [2.24, 2.45) is 5.73 Å². The second-order valence-corrected chi connectivity index (χ2v) is 5.08. The van der Waals surface area contributed by atoms with Crippen LogP contribution in [0, 0.1) is 0 Å². The molecule has 0 saturated carbocycles. The molecule has 0 radical (unpaired) electrons. The van der Waals surface area contributed by atoms with Crippen molar-refractivity contribution in [3.8, 4) is 5.75 Å². The molecule has 1 aromatic heterocycles. The van der Waals surface area contributed by atoms with E-state index in [4.69, 9.17) is 15.2 Å². The van der Waals surface area contributed by atoms with E-state index in [2.05, 4.69) is 11.9 Å². The number of hydrogen-bond acceptors (Lipinski definition) is 4. The predicted octanol–water partition coefficient (Wildman–Crippen LogP) is 2.69. The number of nitrogens with two attached hydrogens (primary N) is 1. The molecule has 102 valence electrons. The van der Waals surface area contributed by atoms with Gasteiger partial charge in [0.1, 0.15) is 5.75 Å². The predicted molar refractivity (Wildman–Crippen MR) is 72.7 cm³/mol. The third-order valence-electron chi connectivity index (χ3n) is 2.90. The van der Waals surface area contributed by atoms with Crippen molar-refractivity contribution in [2.45, 2.75) is 45.3 Å². The average Bonchev–Trinajstić information content (AvgIpc) is 2.36. The highest BCUT2D eigenvalue weighted by Gasteiger charge is 2.21. The van der Waals surface area contributed by atoms with Gasteiger partial charge in [0.2, 0.25) is 0 Å². The van der Waals surface area contributed by atoms with Crippen LogP contribution in [0.4, 0.5) is 0 Å². The maximum Gasteiger partial charge on any atom is 0.137 e. The van der Waals surface area contributed by atoms with Crippen LogP contribution in [0.15, 0.2) is 18.5 Å². The molecule has 0 aliphatic rings. The lowest BCUT2D eigenvalue weighted by atomic mass is 9.95. The van der Waals surface area contributed by atoms with Gasteiger partial charge in [0.05, 0.1) is 18.4 Å². The van der Waals surface area contributed by atoms with E-state index in [0.717, 1.165) is 24.2 Å². The van der Waals surface area contributed by atoms with Gasteiger partial charge in [-0.1, -0.05) is 6.92 Å². The molecule has 4 nitrogen and oxygen atoms in total. The normalized spacial score (nSPS) is 13.4. The fourth-order valence-corrected chi connectivity index (χ4v) is 1.67. The minimum absolute atomic E-state index is 0.0994. The Balaban J connectivity index is 2.70. The lowest BCUT2D eigenvalue weighted by Gasteiger charge is -2.26.